The third-order valence-electron chi connectivity index (χ3n) is 2.99. The third kappa shape index (κ3) is 3.52. The lowest BCUT2D eigenvalue weighted by Gasteiger charge is -2.12. The fraction of sp³-hybridized carbons (Fsp3) is 0.188. The van der Waals surface area contributed by atoms with Gasteiger partial charge >= 0.3 is 0 Å². The van der Waals surface area contributed by atoms with Crippen LogP contribution in [0.25, 0.3) is 0 Å². The lowest BCUT2D eigenvalue weighted by Crippen LogP contribution is -2.15. The largest absolute Gasteiger partial charge is 0.507 e. The van der Waals surface area contributed by atoms with Crippen LogP contribution >= 0.6 is 0 Å². The number of amides is 1. The summed E-state index contributed by atoms with van der Waals surface area (Å²) in [5, 5.41) is 12.7. The van der Waals surface area contributed by atoms with Crippen molar-refractivity contribution in [2.75, 3.05) is 18.5 Å². The summed E-state index contributed by atoms with van der Waals surface area (Å²) in [6.07, 6.45) is 0. The average Bonchev–Trinajstić information content (AvgIpc) is 2.49. The molecule has 0 aliphatic rings. The van der Waals surface area contributed by atoms with Crippen LogP contribution in [0.5, 0.6) is 11.5 Å². The number of hydrogen-bond acceptors (Lipinski definition) is 4. The number of hydrogen-bond donors (Lipinski definition) is 3. The van der Waals surface area contributed by atoms with Gasteiger partial charge in [0.1, 0.15) is 18.1 Å². The van der Waals surface area contributed by atoms with E-state index in [1.54, 1.807) is 43.3 Å². The molecule has 2 aromatic carbocycles. The summed E-state index contributed by atoms with van der Waals surface area (Å²) in [6.45, 7) is 2.49. The van der Waals surface area contributed by atoms with Crippen molar-refractivity contribution in [3.63, 3.8) is 0 Å². The first kappa shape index (κ1) is 14.9. The number of carbonyl (C=O) groups excluding carboxylic acids is 1. The van der Waals surface area contributed by atoms with Crippen molar-refractivity contribution in [1.29, 1.82) is 0 Å². The fourth-order valence-electron chi connectivity index (χ4n) is 1.90. The van der Waals surface area contributed by atoms with Crippen LogP contribution < -0.4 is 15.8 Å². The molecule has 0 atom stereocenters. The second-order valence-corrected chi connectivity index (χ2v) is 4.56. The van der Waals surface area contributed by atoms with Crippen molar-refractivity contribution >= 4 is 11.6 Å². The van der Waals surface area contributed by atoms with Gasteiger partial charge in [0.25, 0.3) is 5.91 Å². The van der Waals surface area contributed by atoms with Crippen LogP contribution in [0.3, 0.4) is 0 Å². The number of para-hydroxylation sites is 3. The van der Waals surface area contributed by atoms with Crippen LogP contribution in [0.4, 0.5) is 5.69 Å². The Morgan fingerprint density at radius 3 is 2.76 bits per heavy atom. The Labute approximate surface area is 123 Å². The maximum absolute atomic E-state index is 12.3. The van der Waals surface area contributed by atoms with E-state index in [4.69, 9.17) is 10.5 Å². The number of ether oxygens (including phenoxy) is 1. The number of phenolic OH excluding ortho intramolecular Hbond substituents is 1. The highest BCUT2D eigenvalue weighted by molar-refractivity contribution is 6.07. The molecule has 1 amide bonds. The van der Waals surface area contributed by atoms with Crippen molar-refractivity contribution in [3.05, 3.63) is 53.6 Å². The van der Waals surface area contributed by atoms with E-state index in [1.165, 1.54) is 0 Å². The fourth-order valence-corrected chi connectivity index (χ4v) is 1.90. The molecular formula is C16H18N2O3. The molecule has 2 aromatic rings. The van der Waals surface area contributed by atoms with Gasteiger partial charge in [-0.15, -0.1) is 0 Å². The molecule has 0 heterocycles. The van der Waals surface area contributed by atoms with Crippen LogP contribution in [0.15, 0.2) is 42.5 Å². The molecule has 21 heavy (non-hydrogen) atoms. The van der Waals surface area contributed by atoms with Crippen molar-refractivity contribution in [2.24, 2.45) is 5.73 Å². The predicted octanol–water partition coefficient (Wildman–Crippen LogP) is 2.29. The van der Waals surface area contributed by atoms with Gasteiger partial charge in [0.15, 0.2) is 0 Å². The van der Waals surface area contributed by atoms with Crippen LogP contribution in [0, 0.1) is 6.92 Å². The second-order valence-electron chi connectivity index (χ2n) is 4.56. The molecule has 0 aliphatic heterocycles. The molecule has 0 fully saturated rings. The van der Waals surface area contributed by atoms with Crippen LogP contribution in [0.2, 0.25) is 0 Å². The smallest absolute Gasteiger partial charge is 0.259 e. The second kappa shape index (κ2) is 6.76. The molecule has 4 N–H and O–H groups in total. The van der Waals surface area contributed by atoms with Gasteiger partial charge in [-0.05, 0) is 30.7 Å². The molecule has 0 aromatic heterocycles. The van der Waals surface area contributed by atoms with E-state index in [0.29, 0.717) is 30.2 Å². The first-order valence-electron chi connectivity index (χ1n) is 6.65. The zero-order chi connectivity index (χ0) is 15.2. The Balaban J connectivity index is 2.22. The van der Waals surface area contributed by atoms with E-state index in [1.807, 2.05) is 6.07 Å². The van der Waals surface area contributed by atoms with Gasteiger partial charge in [0.2, 0.25) is 0 Å². The van der Waals surface area contributed by atoms with E-state index in [0.717, 1.165) is 0 Å². The van der Waals surface area contributed by atoms with Crippen LogP contribution in [0.1, 0.15) is 15.9 Å². The van der Waals surface area contributed by atoms with Gasteiger partial charge in [0, 0.05) is 6.54 Å². The Hall–Kier alpha value is -2.53. The van der Waals surface area contributed by atoms with Crippen molar-refractivity contribution < 1.29 is 14.6 Å². The number of phenols is 1. The summed E-state index contributed by atoms with van der Waals surface area (Å²) in [5.74, 6) is 0.138. The van der Waals surface area contributed by atoms with Gasteiger partial charge in [-0.25, -0.2) is 0 Å². The summed E-state index contributed by atoms with van der Waals surface area (Å²) >= 11 is 0. The minimum absolute atomic E-state index is 0.0182. The SMILES string of the molecule is Cc1cccc(C(=O)Nc2ccccc2OCCN)c1O. The number of rotatable bonds is 5. The zero-order valence-corrected chi connectivity index (χ0v) is 11.8. The van der Waals surface area contributed by atoms with E-state index >= 15 is 0 Å². The highest BCUT2D eigenvalue weighted by atomic mass is 16.5. The molecule has 0 saturated carbocycles. The molecule has 5 nitrogen and oxygen atoms in total. The van der Waals surface area contributed by atoms with Gasteiger partial charge in [-0.2, -0.15) is 0 Å². The number of nitrogens with two attached hydrogens (primary N) is 1. The quantitative estimate of drug-likeness (QED) is 0.787. The molecule has 0 spiro atoms. The van der Waals surface area contributed by atoms with E-state index in [9.17, 15) is 9.90 Å². The minimum Gasteiger partial charge on any atom is -0.507 e. The minimum atomic E-state index is -0.389. The Kier molecular flexibility index (Phi) is 4.79. The topological polar surface area (TPSA) is 84.6 Å². The molecule has 5 heteroatoms. The van der Waals surface area contributed by atoms with Crippen LogP contribution in [-0.2, 0) is 0 Å². The maximum Gasteiger partial charge on any atom is 0.259 e. The Morgan fingerprint density at radius 2 is 2.00 bits per heavy atom. The van der Waals surface area contributed by atoms with Crippen molar-refractivity contribution in [3.8, 4) is 11.5 Å². The van der Waals surface area contributed by atoms with Gasteiger partial charge < -0.3 is 20.9 Å². The highest BCUT2D eigenvalue weighted by Crippen LogP contribution is 2.27. The average molecular weight is 286 g/mol. The highest BCUT2D eigenvalue weighted by Gasteiger charge is 2.14. The van der Waals surface area contributed by atoms with E-state index in [-0.39, 0.29) is 17.2 Å². The predicted molar refractivity (Wildman–Crippen MR) is 81.8 cm³/mol. The molecule has 0 saturated heterocycles. The summed E-state index contributed by atoms with van der Waals surface area (Å²) in [4.78, 5) is 12.3. The monoisotopic (exact) mass is 286 g/mol. The molecule has 0 radical (unpaired) electrons. The molecule has 110 valence electrons. The number of aromatic hydroxyl groups is 1. The van der Waals surface area contributed by atoms with Crippen molar-refractivity contribution in [2.45, 2.75) is 6.92 Å². The lowest BCUT2D eigenvalue weighted by atomic mass is 10.1. The summed E-state index contributed by atoms with van der Waals surface area (Å²) in [7, 11) is 0. The number of nitrogens with one attached hydrogen (secondary N) is 1. The van der Waals surface area contributed by atoms with Gasteiger partial charge in [-0.1, -0.05) is 24.3 Å². The molecule has 2 rings (SSSR count). The first-order valence-corrected chi connectivity index (χ1v) is 6.65. The molecule has 0 unspecified atom stereocenters. The van der Waals surface area contributed by atoms with E-state index < -0.39 is 0 Å². The third-order valence-corrected chi connectivity index (χ3v) is 2.99. The number of benzene rings is 2. The standard InChI is InChI=1S/C16H18N2O3/c1-11-5-4-6-12(15(11)19)16(20)18-13-7-2-3-8-14(13)21-10-9-17/h2-8,19H,9-10,17H2,1H3,(H,18,20). The number of aryl methyl sites for hydroxylation is 1. The van der Waals surface area contributed by atoms with Gasteiger partial charge in [-0.3, -0.25) is 4.79 Å². The number of carbonyl (C=O) groups is 1. The normalized spacial score (nSPS) is 10.2. The van der Waals surface area contributed by atoms with Gasteiger partial charge in [0.05, 0.1) is 11.3 Å². The molecular weight excluding hydrogens is 268 g/mol. The van der Waals surface area contributed by atoms with Crippen LogP contribution in [-0.4, -0.2) is 24.2 Å². The molecule has 0 bridgehead atoms. The zero-order valence-electron chi connectivity index (χ0n) is 11.8. The summed E-state index contributed by atoms with van der Waals surface area (Å²) in [5.41, 5.74) is 6.82. The lowest BCUT2D eigenvalue weighted by molar-refractivity contribution is 0.102. The summed E-state index contributed by atoms with van der Waals surface area (Å²) in [6, 6.07) is 12.1. The maximum atomic E-state index is 12.3. The van der Waals surface area contributed by atoms with E-state index in [2.05, 4.69) is 5.32 Å². The Morgan fingerprint density at radius 1 is 1.24 bits per heavy atom. The van der Waals surface area contributed by atoms with Crippen molar-refractivity contribution in [1.82, 2.24) is 0 Å². The Bertz CT molecular complexity index is 641. The molecule has 0 aliphatic carbocycles. The summed E-state index contributed by atoms with van der Waals surface area (Å²) < 4.78 is 5.47. The first-order chi connectivity index (χ1) is 10.1. The number of anilines is 1.